The van der Waals surface area contributed by atoms with E-state index >= 15 is 0 Å². The Morgan fingerprint density at radius 1 is 0.424 bits per heavy atom. The average Bonchev–Trinajstić information content (AvgIpc) is 0.724. The predicted molar refractivity (Wildman–Crippen MR) is 552 cm³/mol. The van der Waals surface area contributed by atoms with Gasteiger partial charge in [-0.05, 0) is 326 Å². The van der Waals surface area contributed by atoms with Gasteiger partial charge in [0, 0.05) is 123 Å². The lowest BCUT2D eigenvalue weighted by atomic mass is 9.82. The van der Waals surface area contributed by atoms with E-state index in [0.29, 0.717) is 111 Å². The Balaban J connectivity index is 0.000000142. The zero-order chi connectivity index (χ0) is 101. The van der Waals surface area contributed by atoms with E-state index in [-0.39, 0.29) is 83.2 Å². The second-order valence-electron chi connectivity index (χ2n) is 38.9. The molecule has 144 heavy (non-hydrogen) atoms. The van der Waals surface area contributed by atoms with Crippen LogP contribution in [0.15, 0.2) is 186 Å². The number of allylic oxidation sites excluding steroid dienone is 1. The Kier molecular flexibility index (Phi) is 29.6. The lowest BCUT2D eigenvalue weighted by Crippen LogP contribution is -2.49. The third-order valence-electron chi connectivity index (χ3n) is 30.5. The highest BCUT2D eigenvalue weighted by molar-refractivity contribution is 5.74. The maximum atomic E-state index is 12.8. The smallest absolute Gasteiger partial charge is 0.318 e. The number of methoxy groups -OCH3 is 9. The number of rotatable bonds is 18. The van der Waals surface area contributed by atoms with Crippen molar-refractivity contribution >= 4 is 22.7 Å². The number of nitrogens with two attached hydrogens (primary N) is 1. The van der Waals surface area contributed by atoms with Gasteiger partial charge < -0.3 is 76.8 Å². The number of hydrogen-bond acceptors (Lipinski definition) is 28. The third-order valence-corrected chi connectivity index (χ3v) is 30.5. The summed E-state index contributed by atoms with van der Waals surface area (Å²) in [5.41, 5.74) is 27.6. The largest absolute Gasteiger partial charge is 0.498 e. The molecule has 30 heteroatoms. The molecule has 0 fully saturated rings. The molecule has 2 N–H and O–H groups in total. The number of fused-ring (bicyclic) bond motifs is 5. The summed E-state index contributed by atoms with van der Waals surface area (Å²) in [4.78, 5) is 50.5. The van der Waals surface area contributed by atoms with Crippen molar-refractivity contribution in [3.63, 3.8) is 0 Å². The summed E-state index contributed by atoms with van der Waals surface area (Å²) < 4.78 is 91.9. The molecule has 0 saturated carbocycles. The first-order valence-electron chi connectivity index (χ1n) is 49.1. The number of nitrogens with zero attached hydrogens (tertiary/aromatic N) is 9. The molecule has 0 amide bonds. The molecule has 754 valence electrons. The fraction of sp³-hybridized carbons (Fsp3) is 0.386. The summed E-state index contributed by atoms with van der Waals surface area (Å²) in [7, 11) is 26.9. The molecule has 11 aliphatic rings. The van der Waals surface area contributed by atoms with E-state index in [1.165, 1.54) is 77.5 Å². The molecular formula is C114H128N10O20. The van der Waals surface area contributed by atoms with Crippen LogP contribution in [0.2, 0.25) is 0 Å². The molecule has 10 heterocycles. The number of benzene rings is 11. The topological polar surface area (TPSA) is 300 Å². The van der Waals surface area contributed by atoms with Crippen LogP contribution < -0.4 is 67.3 Å². The highest BCUT2D eigenvalue weighted by Crippen LogP contribution is 2.58. The van der Waals surface area contributed by atoms with Crippen molar-refractivity contribution in [1.29, 1.82) is 0 Å². The van der Waals surface area contributed by atoms with Crippen molar-refractivity contribution in [3.05, 3.63) is 306 Å². The Morgan fingerprint density at radius 3 is 1.50 bits per heavy atom. The van der Waals surface area contributed by atoms with E-state index in [4.69, 9.17) is 76.8 Å². The van der Waals surface area contributed by atoms with Gasteiger partial charge in [-0.25, -0.2) is 0 Å². The fourth-order valence-electron chi connectivity index (χ4n) is 22.4. The van der Waals surface area contributed by atoms with Crippen molar-refractivity contribution in [3.8, 4) is 103 Å². The van der Waals surface area contributed by atoms with Crippen LogP contribution in [0.3, 0.4) is 0 Å². The first-order valence-corrected chi connectivity index (χ1v) is 49.1. The van der Waals surface area contributed by atoms with E-state index < -0.39 is 15.9 Å². The maximum Gasteiger partial charge on any atom is 0.318 e. The molecule has 0 radical (unpaired) electrons. The molecule has 10 aliphatic heterocycles. The van der Waals surface area contributed by atoms with Crippen LogP contribution in [0.25, 0.3) is 0 Å². The summed E-state index contributed by atoms with van der Waals surface area (Å²) in [5, 5.41) is 28.7. The monoisotopic (exact) mass is 1960 g/mol. The molecule has 8 atom stereocenters. The summed E-state index contributed by atoms with van der Waals surface area (Å²) in [6, 6.07) is 51.6. The van der Waals surface area contributed by atoms with Gasteiger partial charge in [0.05, 0.1) is 72.8 Å². The Labute approximate surface area is 841 Å². The van der Waals surface area contributed by atoms with E-state index in [2.05, 4.69) is 158 Å². The van der Waals surface area contributed by atoms with Crippen LogP contribution in [0.1, 0.15) is 144 Å². The molecule has 30 nitrogen and oxygen atoms in total. The van der Waals surface area contributed by atoms with Gasteiger partial charge in [0.1, 0.15) is 45.9 Å². The number of nitro benzene ring substituents is 2. The standard InChI is InChI=1S/C38H40N4O9.C38H41N3O6.C38H47N3O5/c1-21-15-23-11-13-39(2)29-16-22-7-9-25(10-8-22)50-33-18-24(28(41(43)44)20-32(33)47-4)17-30-34-26(12-14-40(30)3)35(42(45)46)37(48-5)38(49-6)36(34)51-31(21)19-27(23)29;1-22-15-24-11-13-40(2)30-16-23-7-9-27(10-8-23)46-34-19-26(29(39-42)21-33(34)43-4)17-31-36-25(12-14-41(31)3)18-35(44-5)37(45-6)38(36)47-32(22)20-28(24)30;1-23-18-26-14-17-41(4)31(19-25-8-11-29(12-9-25)45-32-13-10-28(39)21-34(32)42-5)30(26)22-33(23)46-38-36-24(2)40(3)16-15-27(36)20-35(43-6)37(38)44-7/h7-10,15,18-20,29-30H,11-14,16-17H2,1-6H3;7-10,15,18-21,30-31H,11-14,16-17H2,1-6H3;8-13,18,20-22,24,31,37-38H,14-17,19,39H2,1-7H3/t29-,30-;30-,31-;24-,31-,37?,38?/m000/s1. The van der Waals surface area contributed by atoms with E-state index in [1.807, 2.05) is 85.6 Å². The summed E-state index contributed by atoms with van der Waals surface area (Å²) in [6.07, 6.45) is 9.55. The van der Waals surface area contributed by atoms with Crippen molar-refractivity contribution in [1.82, 2.24) is 29.4 Å². The number of anilines is 1. The molecule has 0 aromatic heterocycles. The number of aryl methyl sites for hydroxylation is 3. The van der Waals surface area contributed by atoms with Crippen LogP contribution in [0.5, 0.6) is 103 Å². The van der Waals surface area contributed by atoms with E-state index in [9.17, 15) is 25.1 Å². The summed E-state index contributed by atoms with van der Waals surface area (Å²) >= 11 is 0. The lowest BCUT2D eigenvalue weighted by Gasteiger charge is -2.42. The zero-order valence-corrected chi connectivity index (χ0v) is 85.5. The Morgan fingerprint density at radius 2 is 0.944 bits per heavy atom. The molecule has 0 saturated heterocycles. The molecule has 22 rings (SSSR count). The fourth-order valence-corrected chi connectivity index (χ4v) is 22.4. The predicted octanol–water partition coefficient (Wildman–Crippen LogP) is 21.6. The Bertz CT molecular complexity index is 6790. The minimum atomic E-state index is -0.600. The average molecular weight is 1960 g/mol. The summed E-state index contributed by atoms with van der Waals surface area (Å²) in [6.45, 7) is 13.7. The molecule has 2 unspecified atom stereocenters. The van der Waals surface area contributed by atoms with Crippen molar-refractivity contribution in [2.45, 2.75) is 147 Å². The molecule has 11 aromatic rings. The van der Waals surface area contributed by atoms with Crippen LogP contribution in [-0.2, 0) is 73.7 Å². The Hall–Kier alpha value is -14.0. The molecule has 12 bridgehead atoms. The number of nitroso groups, excluding NO2 is 1. The van der Waals surface area contributed by atoms with Crippen molar-refractivity contribution < 1.29 is 80.9 Å². The quantitative estimate of drug-likeness (QED) is 0.0361. The van der Waals surface area contributed by atoms with E-state index in [1.54, 1.807) is 60.9 Å². The van der Waals surface area contributed by atoms with Gasteiger partial charge in [-0.3, -0.25) is 49.6 Å². The van der Waals surface area contributed by atoms with Gasteiger partial charge in [-0.2, -0.15) is 0 Å². The van der Waals surface area contributed by atoms with Gasteiger partial charge in [0.25, 0.3) is 5.69 Å². The maximum absolute atomic E-state index is 12.8. The van der Waals surface area contributed by atoms with Crippen LogP contribution in [-0.4, -0.2) is 203 Å². The molecule has 1 aliphatic carbocycles. The number of nitro groups is 2. The van der Waals surface area contributed by atoms with Crippen molar-refractivity contribution in [2.24, 2.45) is 5.18 Å². The van der Waals surface area contributed by atoms with Gasteiger partial charge in [-0.1, -0.05) is 54.6 Å². The number of ether oxygens (including phenoxy) is 15. The number of hydrogen-bond donors (Lipinski definition) is 1. The highest BCUT2D eigenvalue weighted by Gasteiger charge is 2.46. The lowest BCUT2D eigenvalue weighted by molar-refractivity contribution is -0.386. The molecule has 0 spiro atoms. The molecule has 11 aromatic carbocycles. The van der Waals surface area contributed by atoms with Crippen LogP contribution in [0.4, 0.5) is 22.7 Å². The first-order chi connectivity index (χ1) is 69.5. The van der Waals surface area contributed by atoms with Crippen molar-refractivity contribution in [2.75, 3.05) is 151 Å². The SMILES string of the molecule is COC1=CC2=C(C(Oc3cc4c(cc3C)CCN(C)[C@H]4Cc3ccc(Oc4ccc(N)cc4OC)cc3)C1OC)[C@H](C)N(C)CC2.COc1cc(N=O)c2cc1Oc1ccc(cc1)C[C@H]1c3cc(c(C)cc3CCN1C)Oc1c(OC)c(OC)cc3c1[C@H](C2)N(C)CC3.COc1cc([N+](=O)[O-])c2cc1Oc1ccc(cc1)C[C@H]1c3cc(c(C)cc3CCN1C)Oc1c(OC)c(OC)c([N+](=O)[O-])c3c1[C@H](C2)N(C)CC3. The van der Waals surface area contributed by atoms with Gasteiger partial charge in [-0.15, -0.1) is 4.91 Å². The molecular weight excluding hydrogens is 1830 g/mol. The van der Waals surface area contributed by atoms with Gasteiger partial charge >= 0.3 is 5.69 Å². The van der Waals surface area contributed by atoms with Crippen LogP contribution in [0, 0.1) is 45.9 Å². The number of likely N-dealkylation sites (N-methyl/N-ethyl adjacent to an activating group) is 6. The van der Waals surface area contributed by atoms with Gasteiger partial charge in [0.2, 0.25) is 17.2 Å². The minimum Gasteiger partial charge on any atom is -0.498 e. The normalized spacial score (nSPS) is 20.2. The first kappa shape index (κ1) is 100. The van der Waals surface area contributed by atoms with Crippen LogP contribution >= 0.6 is 0 Å². The zero-order valence-electron chi connectivity index (χ0n) is 85.5. The number of nitrogen functional groups attached to an aromatic ring is 1. The minimum absolute atomic E-state index is 0.0379. The third kappa shape index (κ3) is 19.8. The second-order valence-corrected chi connectivity index (χ2v) is 38.9. The van der Waals surface area contributed by atoms with Gasteiger partial charge in [0.15, 0.2) is 64.0 Å². The second kappa shape index (κ2) is 42.5. The van der Waals surface area contributed by atoms with E-state index in [0.717, 1.165) is 152 Å². The summed E-state index contributed by atoms with van der Waals surface area (Å²) in [5.74, 6) is 9.91. The highest BCUT2D eigenvalue weighted by atomic mass is 16.6.